The largest absolute Gasteiger partial charge is 0.501 e. The van der Waals surface area contributed by atoms with Crippen LogP contribution in [0, 0.1) is 12.1 Å². The summed E-state index contributed by atoms with van der Waals surface area (Å²) in [6.07, 6.45) is 4.18. The third-order valence-electron chi connectivity index (χ3n) is 8.24. The molecule has 0 bridgehead atoms. The van der Waals surface area contributed by atoms with E-state index >= 15 is 0 Å². The summed E-state index contributed by atoms with van der Waals surface area (Å²) >= 11 is 0. The molecular formula is C39H33IrN3O-2. The fourth-order valence-electron chi connectivity index (χ4n) is 6.21. The molecule has 0 saturated heterocycles. The van der Waals surface area contributed by atoms with E-state index in [1.807, 2.05) is 48.7 Å². The van der Waals surface area contributed by atoms with E-state index in [4.69, 9.17) is 9.40 Å². The zero-order valence-electron chi connectivity index (χ0n) is 25.5. The Morgan fingerprint density at radius 1 is 0.864 bits per heavy atom. The maximum Gasteiger partial charge on any atom is 0.120 e. The molecule has 0 atom stereocenters. The van der Waals surface area contributed by atoms with Crippen molar-refractivity contribution in [3.63, 3.8) is 0 Å². The third-order valence-corrected chi connectivity index (χ3v) is 8.24. The van der Waals surface area contributed by atoms with Gasteiger partial charge in [0, 0.05) is 37.3 Å². The summed E-state index contributed by atoms with van der Waals surface area (Å²) < 4.78 is 8.41. The fourth-order valence-corrected chi connectivity index (χ4v) is 6.21. The molecule has 1 radical (unpaired) electrons. The van der Waals surface area contributed by atoms with Crippen molar-refractivity contribution in [1.82, 2.24) is 14.5 Å². The van der Waals surface area contributed by atoms with Crippen LogP contribution in [0.5, 0.6) is 0 Å². The number of hydrogen-bond acceptors (Lipinski definition) is 3. The maximum absolute atomic E-state index is 6.07. The number of aromatic nitrogens is 3. The van der Waals surface area contributed by atoms with Crippen molar-refractivity contribution in [3.8, 4) is 22.6 Å². The van der Waals surface area contributed by atoms with Crippen LogP contribution in [-0.2, 0) is 25.6 Å². The zero-order valence-corrected chi connectivity index (χ0v) is 27.9. The minimum atomic E-state index is -0.0911. The first kappa shape index (κ1) is 29.7. The molecule has 5 heteroatoms. The molecule has 3 aromatic heterocycles. The van der Waals surface area contributed by atoms with Crippen molar-refractivity contribution in [2.24, 2.45) is 0 Å². The second kappa shape index (κ2) is 11.6. The minimum Gasteiger partial charge on any atom is -0.501 e. The van der Waals surface area contributed by atoms with E-state index in [9.17, 15) is 0 Å². The quantitative estimate of drug-likeness (QED) is 0.169. The molecule has 0 fully saturated rings. The summed E-state index contributed by atoms with van der Waals surface area (Å²) in [7, 11) is 0. The zero-order chi connectivity index (χ0) is 29.7. The molecule has 8 rings (SSSR count). The van der Waals surface area contributed by atoms with Crippen LogP contribution in [0.3, 0.4) is 0 Å². The van der Waals surface area contributed by atoms with Crippen LogP contribution in [0.15, 0.2) is 108 Å². The van der Waals surface area contributed by atoms with Gasteiger partial charge in [-0.1, -0.05) is 72.8 Å². The second-order valence-electron chi connectivity index (χ2n) is 12.0. The number of fused-ring (bicyclic) bond motifs is 3. The predicted octanol–water partition coefficient (Wildman–Crippen LogP) is 10.2. The Balaban J connectivity index is 0.000000153. The summed E-state index contributed by atoms with van der Waals surface area (Å²) in [5.41, 5.74) is 10.7. The number of hydrogen-bond donors (Lipinski definition) is 0. The molecule has 4 heterocycles. The summed E-state index contributed by atoms with van der Waals surface area (Å²) in [4.78, 5) is 9.40. The number of furan rings is 1. The van der Waals surface area contributed by atoms with Gasteiger partial charge in [0.1, 0.15) is 5.58 Å². The van der Waals surface area contributed by atoms with Crippen molar-refractivity contribution in [2.75, 3.05) is 0 Å². The monoisotopic (exact) mass is 752 g/mol. The summed E-state index contributed by atoms with van der Waals surface area (Å²) in [5, 5.41) is 2.24. The van der Waals surface area contributed by atoms with Crippen LogP contribution < -0.4 is 0 Å². The van der Waals surface area contributed by atoms with Crippen LogP contribution in [0.25, 0.3) is 61.2 Å². The molecule has 0 unspecified atom stereocenters. The van der Waals surface area contributed by atoms with Gasteiger partial charge in [0.2, 0.25) is 0 Å². The number of allylic oxidation sites excluding steroid dienone is 2. The van der Waals surface area contributed by atoms with Gasteiger partial charge in [0.25, 0.3) is 0 Å². The Morgan fingerprint density at radius 3 is 2.48 bits per heavy atom. The molecule has 4 nitrogen and oxygen atoms in total. The van der Waals surface area contributed by atoms with Crippen molar-refractivity contribution in [3.05, 3.63) is 127 Å². The molecular weight excluding hydrogens is 719 g/mol. The van der Waals surface area contributed by atoms with Crippen LogP contribution in [-0.4, -0.2) is 14.5 Å². The van der Waals surface area contributed by atoms with E-state index in [-0.39, 0.29) is 25.6 Å². The van der Waals surface area contributed by atoms with Crippen molar-refractivity contribution < 1.29 is 24.5 Å². The van der Waals surface area contributed by atoms with Gasteiger partial charge in [0.05, 0.1) is 28.0 Å². The Labute approximate surface area is 271 Å². The van der Waals surface area contributed by atoms with Gasteiger partial charge in [-0.25, -0.2) is 0 Å². The number of pyridine rings is 1. The van der Waals surface area contributed by atoms with Crippen LogP contribution in [0.2, 0.25) is 0 Å². The van der Waals surface area contributed by atoms with E-state index < -0.39 is 0 Å². The first-order valence-corrected chi connectivity index (χ1v) is 14.8. The molecule has 0 spiro atoms. The predicted molar refractivity (Wildman–Crippen MR) is 177 cm³/mol. The van der Waals surface area contributed by atoms with Gasteiger partial charge in [-0.3, -0.25) is 4.98 Å². The van der Waals surface area contributed by atoms with Gasteiger partial charge in [-0.05, 0) is 56.2 Å². The second-order valence-corrected chi connectivity index (χ2v) is 12.0. The van der Waals surface area contributed by atoms with Crippen LogP contribution in [0.1, 0.15) is 51.7 Å². The first-order valence-electron chi connectivity index (χ1n) is 14.8. The average Bonchev–Trinajstić information content (AvgIpc) is 3.61. The number of nitrogens with zero attached hydrogens (tertiary/aromatic N) is 3. The van der Waals surface area contributed by atoms with Gasteiger partial charge < -0.3 is 14.0 Å². The van der Waals surface area contributed by atoms with Gasteiger partial charge >= 0.3 is 0 Å². The van der Waals surface area contributed by atoms with Crippen molar-refractivity contribution in [2.45, 2.75) is 46.1 Å². The number of imidazole rings is 1. The topological polar surface area (TPSA) is 43.9 Å². The molecule has 0 aliphatic carbocycles. The molecule has 0 saturated carbocycles. The smallest absolute Gasteiger partial charge is 0.120 e. The summed E-state index contributed by atoms with van der Waals surface area (Å²) in [6.45, 7) is 11.0. The molecule has 0 N–H and O–H groups in total. The van der Waals surface area contributed by atoms with Crippen molar-refractivity contribution in [1.29, 1.82) is 0 Å². The fraction of sp³-hybridized carbons (Fsp3) is 0.179. The molecule has 1 aliphatic heterocycles. The van der Waals surface area contributed by atoms with Gasteiger partial charge in [-0.15, -0.1) is 54.1 Å². The molecule has 1 aliphatic rings. The Hall–Kier alpha value is -4.31. The molecule has 7 aromatic rings. The normalized spacial score (nSPS) is 13.5. The SMILES string of the molecule is CC(C)c1ccnc(-c2[c-]ccc3c2oc2ccccc23)c1.CC1=CC(C)(C)n2c(-c3[c-]cccc3)nc3cccc1c32.[Ir]. The third kappa shape index (κ3) is 5.11. The minimum absolute atomic E-state index is 0. The van der Waals surface area contributed by atoms with Gasteiger partial charge in [-0.2, -0.15) is 0 Å². The van der Waals surface area contributed by atoms with E-state index in [1.165, 1.54) is 22.2 Å². The summed E-state index contributed by atoms with van der Waals surface area (Å²) in [6, 6.07) is 37.3. The number of benzene rings is 4. The first-order chi connectivity index (χ1) is 20.8. The number of rotatable bonds is 3. The van der Waals surface area contributed by atoms with Crippen molar-refractivity contribution >= 4 is 38.5 Å². The van der Waals surface area contributed by atoms with E-state index in [1.54, 1.807) is 0 Å². The summed E-state index contributed by atoms with van der Waals surface area (Å²) in [5.74, 6) is 1.46. The van der Waals surface area contributed by atoms with E-state index in [0.717, 1.165) is 50.1 Å². The molecule has 4 aromatic carbocycles. The Morgan fingerprint density at radius 2 is 1.68 bits per heavy atom. The molecule has 221 valence electrons. The van der Waals surface area contributed by atoms with Gasteiger partial charge in [0.15, 0.2) is 0 Å². The molecule has 0 amide bonds. The van der Waals surface area contributed by atoms with E-state index in [2.05, 4.69) is 111 Å². The van der Waals surface area contributed by atoms with Crippen LogP contribution >= 0.6 is 0 Å². The standard InChI is InChI=1S/C20H16NO.C19H17N2.Ir/c1-13(2)14-10-11-21-18(12-14)17-8-5-7-16-15-6-3-4-9-19(15)22-20(16)17;1-13-12-19(2,3)21-17-15(13)10-7-11-16(17)20-18(21)14-8-5-4-6-9-14;/h3-7,9-13H,1-2H3;4-8,10-12H,1-3H3;/q2*-1;. The average molecular weight is 752 g/mol. The van der Waals surface area contributed by atoms with Crippen LogP contribution in [0.4, 0.5) is 0 Å². The molecule has 44 heavy (non-hydrogen) atoms. The maximum atomic E-state index is 6.07. The van der Waals surface area contributed by atoms with E-state index in [0.29, 0.717) is 5.92 Å². The Kier molecular flexibility index (Phi) is 7.87. The number of para-hydroxylation sites is 2. The Bertz CT molecular complexity index is 2150.